The van der Waals surface area contributed by atoms with Gasteiger partial charge in [-0.1, -0.05) is 49.0 Å². The molecular weight excluding hydrogens is 264 g/mol. The second kappa shape index (κ2) is 13.3. The summed E-state index contributed by atoms with van der Waals surface area (Å²) in [7, 11) is 0. The molecule has 0 unspecified atom stereocenters. The molecule has 0 aromatic heterocycles. The van der Waals surface area contributed by atoms with E-state index < -0.39 is 0 Å². The Morgan fingerprint density at radius 3 is 1.32 bits per heavy atom. The molecule has 0 aromatic carbocycles. The van der Waals surface area contributed by atoms with Gasteiger partial charge in [-0.3, -0.25) is 0 Å². The van der Waals surface area contributed by atoms with Gasteiger partial charge in [0, 0.05) is 12.8 Å². The van der Waals surface area contributed by atoms with Gasteiger partial charge >= 0.3 is 0 Å². The summed E-state index contributed by atoms with van der Waals surface area (Å²) in [5, 5.41) is 0. The van der Waals surface area contributed by atoms with Gasteiger partial charge in [0.1, 0.15) is 0 Å². The van der Waals surface area contributed by atoms with Gasteiger partial charge in [-0.2, -0.15) is 0 Å². The van der Waals surface area contributed by atoms with Crippen LogP contribution >= 0.6 is 0 Å². The molecule has 0 saturated heterocycles. The first-order chi connectivity index (χ1) is 10.9. The maximum absolute atomic E-state index is 5.09. The third-order valence-corrected chi connectivity index (χ3v) is 4.12. The monoisotopic (exact) mass is 296 g/mol. The van der Waals surface area contributed by atoms with Crippen molar-refractivity contribution in [3.8, 4) is 24.7 Å². The molecule has 0 amide bonds. The van der Waals surface area contributed by atoms with Gasteiger partial charge in [-0.15, -0.1) is 24.7 Å². The first-order valence-corrected chi connectivity index (χ1v) is 9.09. The quantitative estimate of drug-likeness (QED) is 0.217. The number of terminal acetylenes is 2. The third kappa shape index (κ3) is 13.6. The Bertz CT molecular complexity index is 380. The minimum absolute atomic E-state index is 0.913. The molecule has 2 aliphatic carbocycles. The lowest BCUT2D eigenvalue weighted by Crippen LogP contribution is -1.78. The molecule has 0 atom stereocenters. The summed E-state index contributed by atoms with van der Waals surface area (Å²) >= 11 is 0. The van der Waals surface area contributed by atoms with Crippen LogP contribution in [-0.2, 0) is 0 Å². The average molecular weight is 296 g/mol. The topological polar surface area (TPSA) is 0 Å². The molecule has 0 aliphatic heterocycles. The van der Waals surface area contributed by atoms with E-state index in [4.69, 9.17) is 12.8 Å². The molecular formula is C22H32. The van der Waals surface area contributed by atoms with E-state index in [1.807, 2.05) is 0 Å². The maximum atomic E-state index is 5.09. The number of hydrogen-bond acceptors (Lipinski definition) is 0. The first kappa shape index (κ1) is 18.6. The highest BCUT2D eigenvalue weighted by molar-refractivity contribution is 5.21. The van der Waals surface area contributed by atoms with Crippen LogP contribution in [0.4, 0.5) is 0 Å². The average Bonchev–Trinajstić information content (AvgIpc) is 3.41. The van der Waals surface area contributed by atoms with E-state index in [-0.39, 0.29) is 0 Å². The molecule has 0 spiro atoms. The molecule has 0 nitrogen and oxygen atoms in total. The van der Waals surface area contributed by atoms with Crippen molar-refractivity contribution in [2.45, 2.75) is 89.9 Å². The van der Waals surface area contributed by atoms with E-state index >= 15 is 0 Å². The third-order valence-electron chi connectivity index (χ3n) is 4.12. The molecule has 0 aromatic rings. The summed E-state index contributed by atoms with van der Waals surface area (Å²) in [6, 6.07) is 0. The summed E-state index contributed by atoms with van der Waals surface area (Å²) in [5.41, 5.74) is 3.42. The zero-order valence-corrected chi connectivity index (χ0v) is 14.2. The van der Waals surface area contributed by atoms with E-state index in [1.165, 1.54) is 64.2 Å². The summed E-state index contributed by atoms with van der Waals surface area (Å²) in [6.45, 7) is 0. The number of unbranched alkanes of at least 4 members (excludes halogenated alkanes) is 8. The highest BCUT2D eigenvalue weighted by Crippen LogP contribution is 2.27. The van der Waals surface area contributed by atoms with Crippen LogP contribution in [0.1, 0.15) is 89.9 Å². The van der Waals surface area contributed by atoms with Crippen LogP contribution in [0.3, 0.4) is 0 Å². The molecule has 0 bridgehead atoms. The largest absolute Gasteiger partial charge is 0.120 e. The summed E-state index contributed by atoms with van der Waals surface area (Å²) in [6.07, 6.45) is 32.7. The van der Waals surface area contributed by atoms with Crippen molar-refractivity contribution in [1.29, 1.82) is 0 Å². The Kier molecular flexibility index (Phi) is 11.3. The lowest BCUT2D eigenvalue weighted by atomic mass is 10.1. The Hall–Kier alpha value is -1.40. The Labute approximate surface area is 138 Å². The lowest BCUT2D eigenvalue weighted by molar-refractivity contribution is 0.643. The van der Waals surface area contributed by atoms with Gasteiger partial charge < -0.3 is 0 Å². The van der Waals surface area contributed by atoms with E-state index in [1.54, 1.807) is 11.1 Å². The number of rotatable bonds is 12. The first-order valence-electron chi connectivity index (χ1n) is 9.09. The number of hydrogen-bond donors (Lipinski definition) is 0. The van der Waals surface area contributed by atoms with Crippen LogP contribution in [0.2, 0.25) is 0 Å². The van der Waals surface area contributed by atoms with Gasteiger partial charge in [0.25, 0.3) is 0 Å². The summed E-state index contributed by atoms with van der Waals surface area (Å²) < 4.78 is 0. The number of allylic oxidation sites excluding steroid dienone is 4. The Morgan fingerprint density at radius 1 is 0.636 bits per heavy atom. The Balaban J connectivity index is 0.000000225. The predicted molar refractivity (Wildman–Crippen MR) is 98.5 cm³/mol. The molecule has 0 heterocycles. The van der Waals surface area contributed by atoms with Crippen molar-refractivity contribution < 1.29 is 0 Å². The molecule has 120 valence electrons. The minimum atomic E-state index is 0.913. The van der Waals surface area contributed by atoms with Crippen molar-refractivity contribution in [3.63, 3.8) is 0 Å². The summed E-state index contributed by atoms with van der Waals surface area (Å²) in [5.74, 6) is 5.24. The molecule has 0 saturated carbocycles. The zero-order chi connectivity index (χ0) is 15.9. The highest BCUT2D eigenvalue weighted by atomic mass is 14.1. The fourth-order valence-electron chi connectivity index (χ4n) is 2.42. The normalized spacial score (nSPS) is 13.9. The summed E-state index contributed by atoms with van der Waals surface area (Å²) in [4.78, 5) is 0. The van der Waals surface area contributed by atoms with Gasteiger partial charge in [-0.25, -0.2) is 0 Å². The lowest BCUT2D eigenvalue weighted by Gasteiger charge is -1.97. The predicted octanol–water partition coefficient (Wildman–Crippen LogP) is 6.58. The van der Waals surface area contributed by atoms with Crippen LogP contribution in [0.15, 0.2) is 23.3 Å². The molecule has 0 radical (unpaired) electrons. The van der Waals surface area contributed by atoms with E-state index in [2.05, 4.69) is 24.0 Å². The molecule has 0 N–H and O–H groups in total. The van der Waals surface area contributed by atoms with Crippen molar-refractivity contribution >= 4 is 0 Å². The minimum Gasteiger partial charge on any atom is -0.120 e. The maximum Gasteiger partial charge on any atom is 0.00860 e. The van der Waals surface area contributed by atoms with Gasteiger partial charge in [-0.05, 0) is 51.4 Å². The van der Waals surface area contributed by atoms with Crippen molar-refractivity contribution in [2.75, 3.05) is 0 Å². The molecule has 0 fully saturated rings. The van der Waals surface area contributed by atoms with Crippen LogP contribution in [0.5, 0.6) is 0 Å². The molecule has 2 rings (SSSR count). The SMILES string of the molecule is C#CCCCCCCC#C.C1=C(CCCCCCC2=CC2)C1. The second-order valence-electron chi connectivity index (χ2n) is 6.37. The van der Waals surface area contributed by atoms with Gasteiger partial charge in [0.15, 0.2) is 0 Å². The molecule has 0 heteroatoms. The van der Waals surface area contributed by atoms with Crippen LogP contribution in [0.25, 0.3) is 0 Å². The van der Waals surface area contributed by atoms with Crippen molar-refractivity contribution in [3.05, 3.63) is 23.3 Å². The molecule has 22 heavy (non-hydrogen) atoms. The second-order valence-corrected chi connectivity index (χ2v) is 6.37. The highest BCUT2D eigenvalue weighted by Gasteiger charge is 2.07. The van der Waals surface area contributed by atoms with E-state index in [0.29, 0.717) is 0 Å². The molecule has 2 aliphatic rings. The van der Waals surface area contributed by atoms with Crippen LogP contribution in [-0.4, -0.2) is 0 Å². The van der Waals surface area contributed by atoms with E-state index in [0.717, 1.165) is 25.7 Å². The van der Waals surface area contributed by atoms with Gasteiger partial charge in [0.2, 0.25) is 0 Å². The fourth-order valence-corrected chi connectivity index (χ4v) is 2.42. The fraction of sp³-hybridized carbons (Fsp3) is 0.636. The van der Waals surface area contributed by atoms with Crippen LogP contribution in [0, 0.1) is 24.7 Å². The standard InChI is InChI=1S/C12H18.C10H14/c1(3-5-11-7-8-11)2-4-6-12-9-10-12;1-3-5-7-9-10-8-6-4-2/h7,9H,1-6,8,10H2;1-2H,5-10H2. The van der Waals surface area contributed by atoms with Crippen molar-refractivity contribution in [2.24, 2.45) is 0 Å². The Morgan fingerprint density at radius 2 is 1.00 bits per heavy atom. The van der Waals surface area contributed by atoms with E-state index in [9.17, 15) is 0 Å². The van der Waals surface area contributed by atoms with Gasteiger partial charge in [0.05, 0.1) is 0 Å². The smallest absolute Gasteiger partial charge is 0.00860 e. The van der Waals surface area contributed by atoms with Crippen molar-refractivity contribution in [1.82, 2.24) is 0 Å². The van der Waals surface area contributed by atoms with Crippen LogP contribution < -0.4 is 0 Å². The zero-order valence-electron chi connectivity index (χ0n) is 14.2.